The maximum absolute atomic E-state index is 9.10. The molecule has 1 heterocycles. The molecule has 1 aliphatic heterocycles. The Bertz CT molecular complexity index is 353. The first-order valence-corrected chi connectivity index (χ1v) is 6.48. The normalized spacial score (nSPS) is 20.9. The molecule has 0 amide bonds. The average Bonchev–Trinajstić information content (AvgIpc) is 2.42. The maximum atomic E-state index is 9.10. The first kappa shape index (κ1) is 13.3. The molecule has 1 fully saturated rings. The number of aliphatic hydroxyl groups excluding tert-OH is 1. The summed E-state index contributed by atoms with van der Waals surface area (Å²) in [6, 6.07) is 8.19. The molecule has 1 N–H and O–H groups in total. The van der Waals surface area contributed by atoms with Gasteiger partial charge in [-0.15, -0.1) is 0 Å². The molecule has 1 aliphatic rings. The van der Waals surface area contributed by atoms with Crippen LogP contribution in [0, 0.1) is 0 Å². The van der Waals surface area contributed by atoms with E-state index in [9.17, 15) is 0 Å². The van der Waals surface area contributed by atoms with E-state index in [0.717, 1.165) is 25.4 Å². The monoisotopic (exact) mass is 251 g/mol. The summed E-state index contributed by atoms with van der Waals surface area (Å²) in [5.74, 6) is 0.913. The molecule has 18 heavy (non-hydrogen) atoms. The van der Waals surface area contributed by atoms with Crippen molar-refractivity contribution >= 4 is 0 Å². The van der Waals surface area contributed by atoms with Crippen LogP contribution in [0.5, 0.6) is 5.75 Å². The predicted molar refractivity (Wildman–Crippen MR) is 69.7 cm³/mol. The quantitative estimate of drug-likeness (QED) is 0.856. The molecule has 1 aromatic carbocycles. The Balaban J connectivity index is 1.88. The van der Waals surface area contributed by atoms with Gasteiger partial charge in [-0.1, -0.05) is 12.1 Å². The van der Waals surface area contributed by atoms with E-state index in [1.165, 1.54) is 5.56 Å². The zero-order chi connectivity index (χ0) is 12.8. The van der Waals surface area contributed by atoms with Crippen molar-refractivity contribution in [3.63, 3.8) is 0 Å². The Morgan fingerprint density at radius 3 is 2.83 bits per heavy atom. The summed E-state index contributed by atoms with van der Waals surface area (Å²) in [5, 5.41) is 9.10. The van der Waals surface area contributed by atoms with Crippen LogP contribution in [0.4, 0.5) is 0 Å². The third-order valence-electron chi connectivity index (χ3n) is 3.07. The van der Waals surface area contributed by atoms with E-state index in [0.29, 0.717) is 13.2 Å². The number of rotatable bonds is 5. The molecule has 1 atom stereocenters. The van der Waals surface area contributed by atoms with Crippen LogP contribution in [-0.4, -0.2) is 49.0 Å². The molecule has 0 spiro atoms. The van der Waals surface area contributed by atoms with Crippen LogP contribution in [0.25, 0.3) is 0 Å². The lowest BCUT2D eigenvalue weighted by Crippen LogP contribution is -2.43. The van der Waals surface area contributed by atoms with Gasteiger partial charge in [-0.2, -0.15) is 0 Å². The van der Waals surface area contributed by atoms with E-state index in [1.807, 2.05) is 19.1 Å². The zero-order valence-corrected chi connectivity index (χ0v) is 10.8. The molecule has 1 unspecified atom stereocenters. The lowest BCUT2D eigenvalue weighted by Gasteiger charge is -2.32. The van der Waals surface area contributed by atoms with Crippen molar-refractivity contribution < 1.29 is 14.6 Å². The van der Waals surface area contributed by atoms with E-state index in [-0.39, 0.29) is 12.7 Å². The topological polar surface area (TPSA) is 41.9 Å². The minimum atomic E-state index is -0.0403. The number of ether oxygens (including phenoxy) is 2. The first-order valence-electron chi connectivity index (χ1n) is 6.48. The van der Waals surface area contributed by atoms with Gasteiger partial charge >= 0.3 is 0 Å². The Morgan fingerprint density at radius 1 is 1.39 bits per heavy atom. The third kappa shape index (κ3) is 3.70. The highest BCUT2D eigenvalue weighted by Gasteiger charge is 2.19. The molecule has 0 aromatic heterocycles. The van der Waals surface area contributed by atoms with E-state index < -0.39 is 0 Å². The fraction of sp³-hybridized carbons (Fsp3) is 0.571. The highest BCUT2D eigenvalue weighted by atomic mass is 16.5. The molecule has 100 valence electrons. The maximum Gasteiger partial charge on any atom is 0.119 e. The number of nitrogens with zero attached hydrogens (tertiary/aromatic N) is 1. The van der Waals surface area contributed by atoms with Crippen molar-refractivity contribution in [1.29, 1.82) is 0 Å². The van der Waals surface area contributed by atoms with Crippen molar-refractivity contribution in [2.75, 3.05) is 32.9 Å². The van der Waals surface area contributed by atoms with Gasteiger partial charge in [-0.25, -0.2) is 0 Å². The fourth-order valence-corrected chi connectivity index (χ4v) is 2.15. The van der Waals surface area contributed by atoms with E-state index in [2.05, 4.69) is 17.0 Å². The number of benzene rings is 1. The Kier molecular flexibility index (Phi) is 4.99. The number of morpholine rings is 1. The van der Waals surface area contributed by atoms with Crippen molar-refractivity contribution in [3.05, 3.63) is 29.8 Å². The summed E-state index contributed by atoms with van der Waals surface area (Å²) in [6.45, 7) is 6.08. The van der Waals surface area contributed by atoms with Gasteiger partial charge in [0.05, 0.1) is 25.9 Å². The number of hydrogen-bond acceptors (Lipinski definition) is 4. The molecular formula is C14H21NO3. The summed E-state index contributed by atoms with van der Waals surface area (Å²) in [5.41, 5.74) is 1.26. The summed E-state index contributed by atoms with van der Waals surface area (Å²) >= 11 is 0. The minimum absolute atomic E-state index is 0.0403. The second-order valence-corrected chi connectivity index (χ2v) is 4.49. The third-order valence-corrected chi connectivity index (χ3v) is 3.07. The molecule has 0 aliphatic carbocycles. The molecule has 0 bridgehead atoms. The fourth-order valence-electron chi connectivity index (χ4n) is 2.15. The van der Waals surface area contributed by atoms with Gasteiger partial charge in [0.2, 0.25) is 0 Å². The van der Waals surface area contributed by atoms with Gasteiger partial charge in [-0.05, 0) is 24.6 Å². The lowest BCUT2D eigenvalue weighted by atomic mass is 10.2. The summed E-state index contributed by atoms with van der Waals surface area (Å²) in [7, 11) is 0. The summed E-state index contributed by atoms with van der Waals surface area (Å²) < 4.78 is 10.9. The summed E-state index contributed by atoms with van der Waals surface area (Å²) in [6.07, 6.45) is -0.0403. The van der Waals surface area contributed by atoms with Crippen molar-refractivity contribution in [2.45, 2.75) is 19.6 Å². The smallest absolute Gasteiger partial charge is 0.119 e. The van der Waals surface area contributed by atoms with Gasteiger partial charge in [0.1, 0.15) is 5.75 Å². The van der Waals surface area contributed by atoms with Crippen LogP contribution in [0.2, 0.25) is 0 Å². The lowest BCUT2D eigenvalue weighted by molar-refractivity contribution is -0.0551. The highest BCUT2D eigenvalue weighted by molar-refractivity contribution is 5.27. The molecule has 1 saturated heterocycles. The van der Waals surface area contributed by atoms with Crippen LogP contribution in [0.1, 0.15) is 12.5 Å². The Hall–Kier alpha value is -1.10. The van der Waals surface area contributed by atoms with Crippen molar-refractivity contribution in [2.24, 2.45) is 0 Å². The van der Waals surface area contributed by atoms with Gasteiger partial charge in [-0.3, -0.25) is 4.90 Å². The molecule has 4 heteroatoms. The second kappa shape index (κ2) is 6.73. The van der Waals surface area contributed by atoms with Crippen LogP contribution in [0.15, 0.2) is 24.3 Å². The van der Waals surface area contributed by atoms with Gasteiger partial charge in [0, 0.05) is 19.6 Å². The molecule has 2 rings (SSSR count). The molecule has 0 saturated carbocycles. The first-order chi connectivity index (χ1) is 8.81. The number of aliphatic hydroxyl groups is 1. The van der Waals surface area contributed by atoms with E-state index >= 15 is 0 Å². The Morgan fingerprint density at radius 2 is 2.17 bits per heavy atom. The molecule has 1 aromatic rings. The largest absolute Gasteiger partial charge is 0.494 e. The zero-order valence-electron chi connectivity index (χ0n) is 10.8. The van der Waals surface area contributed by atoms with Gasteiger partial charge < -0.3 is 14.6 Å². The van der Waals surface area contributed by atoms with E-state index in [1.54, 1.807) is 0 Å². The van der Waals surface area contributed by atoms with Gasteiger partial charge in [0.15, 0.2) is 0 Å². The van der Waals surface area contributed by atoms with Crippen LogP contribution < -0.4 is 4.74 Å². The standard InChI is InChI=1S/C14H21NO3/c1-2-17-13-5-3-12(4-6-13)9-15-7-8-18-14(10-15)11-16/h3-6,14,16H,2,7-11H2,1H3. The minimum Gasteiger partial charge on any atom is -0.494 e. The van der Waals surface area contributed by atoms with Crippen LogP contribution in [-0.2, 0) is 11.3 Å². The summed E-state index contributed by atoms with van der Waals surface area (Å²) in [4.78, 5) is 2.31. The predicted octanol–water partition coefficient (Wildman–Crippen LogP) is 1.28. The number of hydrogen-bond donors (Lipinski definition) is 1. The van der Waals surface area contributed by atoms with Crippen molar-refractivity contribution in [1.82, 2.24) is 4.90 Å². The molecular weight excluding hydrogens is 230 g/mol. The van der Waals surface area contributed by atoms with Crippen LogP contribution in [0.3, 0.4) is 0 Å². The highest BCUT2D eigenvalue weighted by Crippen LogP contribution is 2.15. The van der Waals surface area contributed by atoms with Gasteiger partial charge in [0.25, 0.3) is 0 Å². The van der Waals surface area contributed by atoms with E-state index in [4.69, 9.17) is 14.6 Å². The molecule has 4 nitrogen and oxygen atoms in total. The SMILES string of the molecule is CCOc1ccc(CN2CCOC(CO)C2)cc1. The van der Waals surface area contributed by atoms with Crippen LogP contribution >= 0.6 is 0 Å². The average molecular weight is 251 g/mol. The molecule has 0 radical (unpaired) electrons. The Labute approximate surface area is 108 Å². The van der Waals surface area contributed by atoms with Crippen molar-refractivity contribution in [3.8, 4) is 5.75 Å². The second-order valence-electron chi connectivity index (χ2n) is 4.49.